The molecule has 192 valence electrons. The van der Waals surface area contributed by atoms with Crippen molar-refractivity contribution in [2.75, 3.05) is 18.0 Å². The van der Waals surface area contributed by atoms with Crippen LogP contribution in [0, 0.1) is 12.7 Å². The fraction of sp³-hybridized carbons (Fsp3) is 0.360. The SMILES string of the molecule is Cc1nc2c(C(N)=O)c(C(F)F)nn2c(N2CC(OC3CC(O)C3)C2)c1-c1ccnc2cc(F)ccc12. The van der Waals surface area contributed by atoms with Crippen LogP contribution in [-0.4, -0.2) is 62.0 Å². The van der Waals surface area contributed by atoms with Gasteiger partial charge in [-0.2, -0.15) is 9.61 Å². The Kier molecular flexibility index (Phi) is 5.53. The number of hydrogen-bond acceptors (Lipinski definition) is 7. The Balaban J connectivity index is 1.54. The van der Waals surface area contributed by atoms with Gasteiger partial charge >= 0.3 is 0 Å². The van der Waals surface area contributed by atoms with Gasteiger partial charge in [-0.1, -0.05) is 0 Å². The van der Waals surface area contributed by atoms with Crippen LogP contribution in [0.3, 0.4) is 0 Å². The van der Waals surface area contributed by atoms with E-state index in [2.05, 4.69) is 15.1 Å². The molecule has 2 aliphatic rings. The summed E-state index contributed by atoms with van der Waals surface area (Å²) in [7, 11) is 0. The molecule has 1 aliphatic carbocycles. The summed E-state index contributed by atoms with van der Waals surface area (Å²) in [6, 6.07) is 5.99. The second kappa shape index (κ2) is 8.67. The maximum Gasteiger partial charge on any atom is 0.283 e. The van der Waals surface area contributed by atoms with E-state index in [-0.39, 0.29) is 24.0 Å². The van der Waals surface area contributed by atoms with Gasteiger partial charge in [-0.3, -0.25) is 9.78 Å². The van der Waals surface area contributed by atoms with Crippen LogP contribution in [0.1, 0.15) is 41.0 Å². The number of benzene rings is 1. The van der Waals surface area contributed by atoms with Crippen LogP contribution in [-0.2, 0) is 4.74 Å². The summed E-state index contributed by atoms with van der Waals surface area (Å²) in [6.45, 7) is 2.58. The van der Waals surface area contributed by atoms with Gasteiger partial charge in [-0.05, 0) is 43.5 Å². The van der Waals surface area contributed by atoms with Crippen molar-refractivity contribution in [1.82, 2.24) is 19.6 Å². The number of nitrogens with zero attached hydrogens (tertiary/aromatic N) is 5. The largest absolute Gasteiger partial charge is 0.393 e. The van der Waals surface area contributed by atoms with Gasteiger partial charge in [0.15, 0.2) is 5.65 Å². The Morgan fingerprint density at radius 2 is 1.97 bits per heavy atom. The van der Waals surface area contributed by atoms with Crippen LogP contribution in [0.25, 0.3) is 27.7 Å². The van der Waals surface area contributed by atoms with Gasteiger partial charge in [0.05, 0.1) is 29.5 Å². The summed E-state index contributed by atoms with van der Waals surface area (Å²) in [4.78, 5) is 22.8. The lowest BCUT2D eigenvalue weighted by Crippen LogP contribution is -2.56. The van der Waals surface area contributed by atoms with Crippen molar-refractivity contribution in [2.24, 2.45) is 5.73 Å². The number of amides is 1. The molecule has 37 heavy (non-hydrogen) atoms. The van der Waals surface area contributed by atoms with Crippen LogP contribution >= 0.6 is 0 Å². The predicted octanol–water partition coefficient (Wildman–Crippen LogP) is 3.16. The van der Waals surface area contributed by atoms with E-state index in [1.54, 1.807) is 19.1 Å². The summed E-state index contributed by atoms with van der Waals surface area (Å²) >= 11 is 0. The van der Waals surface area contributed by atoms with Crippen molar-refractivity contribution in [3.63, 3.8) is 0 Å². The molecule has 1 saturated carbocycles. The molecule has 0 bridgehead atoms. The number of pyridine rings is 1. The fourth-order valence-corrected chi connectivity index (χ4v) is 5.11. The zero-order chi connectivity index (χ0) is 26.0. The van der Waals surface area contributed by atoms with Crippen molar-refractivity contribution in [3.8, 4) is 11.1 Å². The fourth-order valence-electron chi connectivity index (χ4n) is 5.11. The molecule has 3 aromatic heterocycles. The minimum Gasteiger partial charge on any atom is -0.393 e. The van der Waals surface area contributed by atoms with Crippen LogP contribution in [0.4, 0.5) is 19.0 Å². The van der Waals surface area contributed by atoms with Gasteiger partial charge in [0.2, 0.25) is 0 Å². The molecule has 3 N–H and O–H groups in total. The number of fused-ring (bicyclic) bond motifs is 2. The van der Waals surface area contributed by atoms with E-state index in [9.17, 15) is 23.1 Å². The van der Waals surface area contributed by atoms with Crippen LogP contribution < -0.4 is 10.6 Å². The number of anilines is 1. The van der Waals surface area contributed by atoms with E-state index < -0.39 is 29.4 Å². The van der Waals surface area contributed by atoms with Crippen molar-refractivity contribution in [2.45, 2.75) is 44.5 Å². The normalized spacial score (nSPS) is 20.0. The second-order valence-corrected chi connectivity index (χ2v) is 9.49. The molecular formula is C25H23F3N6O3. The molecular weight excluding hydrogens is 489 g/mol. The summed E-state index contributed by atoms with van der Waals surface area (Å²) in [5.74, 6) is -1.04. The van der Waals surface area contributed by atoms with Crippen molar-refractivity contribution < 1.29 is 27.8 Å². The molecule has 4 aromatic rings. The number of alkyl halides is 2. The Morgan fingerprint density at radius 3 is 2.65 bits per heavy atom. The number of ether oxygens (including phenoxy) is 1. The van der Waals surface area contributed by atoms with Crippen molar-refractivity contribution in [3.05, 3.63) is 53.2 Å². The first-order valence-corrected chi connectivity index (χ1v) is 11.9. The number of aryl methyl sites for hydroxylation is 1. The molecule has 1 amide bonds. The van der Waals surface area contributed by atoms with E-state index in [1.165, 1.54) is 22.8 Å². The maximum atomic E-state index is 13.9. The summed E-state index contributed by atoms with van der Waals surface area (Å²) < 4.78 is 49.0. The zero-order valence-corrected chi connectivity index (χ0v) is 19.7. The minimum atomic E-state index is -3.04. The number of halogens is 3. The highest BCUT2D eigenvalue weighted by Crippen LogP contribution is 2.41. The number of rotatable bonds is 6. The molecule has 1 aliphatic heterocycles. The maximum absolute atomic E-state index is 13.9. The van der Waals surface area contributed by atoms with E-state index in [1.807, 2.05) is 4.90 Å². The quantitative estimate of drug-likeness (QED) is 0.407. The topological polar surface area (TPSA) is 119 Å². The molecule has 9 nitrogen and oxygen atoms in total. The van der Waals surface area contributed by atoms with E-state index in [0.29, 0.717) is 59.5 Å². The lowest BCUT2D eigenvalue weighted by molar-refractivity contribution is -0.110. The Morgan fingerprint density at radius 1 is 1.22 bits per heavy atom. The predicted molar refractivity (Wildman–Crippen MR) is 128 cm³/mol. The van der Waals surface area contributed by atoms with Gasteiger partial charge in [0.1, 0.15) is 22.9 Å². The first kappa shape index (κ1) is 23.6. The number of aliphatic hydroxyl groups excluding tert-OH is 1. The average molecular weight is 512 g/mol. The van der Waals surface area contributed by atoms with Gasteiger partial charge in [0, 0.05) is 36.3 Å². The van der Waals surface area contributed by atoms with Gasteiger partial charge in [-0.25, -0.2) is 18.2 Å². The molecule has 4 heterocycles. The Hall–Kier alpha value is -3.77. The third-order valence-electron chi connectivity index (χ3n) is 6.98. The first-order valence-electron chi connectivity index (χ1n) is 11.9. The standard InChI is InChI=1S/C25H23F3N6O3/c1-11-19(17-4-5-30-18-6-12(26)2-3-16(17)18)25(33-9-15(10-33)37-14-7-13(35)8-14)34-24(31-11)20(23(29)36)21(32-34)22(27)28/h2-6,13-15,22,35H,7-10H2,1H3,(H2,29,36). The third-order valence-corrected chi connectivity index (χ3v) is 6.98. The molecule has 12 heteroatoms. The monoisotopic (exact) mass is 512 g/mol. The highest BCUT2D eigenvalue weighted by Gasteiger charge is 2.38. The molecule has 0 unspecified atom stereocenters. The second-order valence-electron chi connectivity index (χ2n) is 9.49. The molecule has 1 saturated heterocycles. The number of hydrogen-bond donors (Lipinski definition) is 2. The number of aromatic nitrogens is 4. The van der Waals surface area contributed by atoms with Crippen LogP contribution in [0.2, 0.25) is 0 Å². The van der Waals surface area contributed by atoms with Crippen molar-refractivity contribution >= 4 is 28.3 Å². The highest BCUT2D eigenvalue weighted by atomic mass is 19.3. The van der Waals surface area contributed by atoms with E-state index in [4.69, 9.17) is 10.5 Å². The third kappa shape index (κ3) is 3.87. The van der Waals surface area contributed by atoms with E-state index >= 15 is 0 Å². The Labute approximate surface area is 208 Å². The van der Waals surface area contributed by atoms with Gasteiger partial charge in [-0.15, -0.1) is 0 Å². The van der Waals surface area contributed by atoms with E-state index in [0.717, 1.165) is 0 Å². The minimum absolute atomic E-state index is 0.0172. The molecule has 0 atom stereocenters. The number of nitrogens with two attached hydrogens (primary N) is 1. The molecule has 1 aromatic carbocycles. The molecule has 0 spiro atoms. The average Bonchev–Trinajstić information content (AvgIpc) is 3.18. The summed E-state index contributed by atoms with van der Waals surface area (Å²) in [5.41, 5.74) is 6.36. The number of aliphatic hydroxyl groups is 1. The van der Waals surface area contributed by atoms with Crippen LogP contribution in [0.5, 0.6) is 0 Å². The smallest absolute Gasteiger partial charge is 0.283 e. The number of carbonyl (C=O) groups is 1. The Bertz CT molecular complexity index is 1550. The lowest BCUT2D eigenvalue weighted by Gasteiger charge is -2.45. The lowest BCUT2D eigenvalue weighted by atomic mass is 9.92. The zero-order valence-electron chi connectivity index (χ0n) is 19.7. The van der Waals surface area contributed by atoms with Gasteiger partial charge in [0.25, 0.3) is 12.3 Å². The summed E-state index contributed by atoms with van der Waals surface area (Å²) in [6.07, 6.45) is -0.823. The first-order chi connectivity index (χ1) is 17.7. The molecule has 6 rings (SSSR count). The van der Waals surface area contributed by atoms with Gasteiger partial charge < -0.3 is 20.5 Å². The molecule has 0 radical (unpaired) electrons. The summed E-state index contributed by atoms with van der Waals surface area (Å²) in [5, 5.41) is 14.3. The number of carbonyl (C=O) groups excluding carboxylic acids is 1. The molecule has 2 fully saturated rings. The highest BCUT2D eigenvalue weighted by molar-refractivity contribution is 6.02. The van der Waals surface area contributed by atoms with Crippen molar-refractivity contribution in [1.29, 1.82) is 0 Å². The van der Waals surface area contributed by atoms with Crippen LogP contribution in [0.15, 0.2) is 30.5 Å². The number of primary amides is 1.